The number of ketones is 1. The zero-order valence-electron chi connectivity index (χ0n) is 13.6. The predicted octanol–water partition coefficient (Wildman–Crippen LogP) is 2.63. The van der Waals surface area contributed by atoms with Crippen molar-refractivity contribution in [3.63, 3.8) is 0 Å². The van der Waals surface area contributed by atoms with Crippen LogP contribution in [-0.4, -0.2) is 30.5 Å². The van der Waals surface area contributed by atoms with Gasteiger partial charge in [0.05, 0.1) is 16.9 Å². The topological polar surface area (TPSA) is 49.9 Å². The van der Waals surface area contributed by atoms with E-state index in [1.807, 2.05) is 29.2 Å². The van der Waals surface area contributed by atoms with Gasteiger partial charge in [0, 0.05) is 13.5 Å². The van der Waals surface area contributed by atoms with Crippen LogP contribution >= 0.6 is 0 Å². The summed E-state index contributed by atoms with van der Waals surface area (Å²) in [4.78, 5) is 28.2. The summed E-state index contributed by atoms with van der Waals surface area (Å²) in [6.07, 6.45) is 1.38. The van der Waals surface area contributed by atoms with Crippen molar-refractivity contribution in [3.05, 3.63) is 48.3 Å². The van der Waals surface area contributed by atoms with Crippen molar-refractivity contribution in [1.82, 2.24) is 0 Å². The van der Waals surface area contributed by atoms with E-state index in [1.165, 1.54) is 13.8 Å². The van der Waals surface area contributed by atoms with Crippen LogP contribution in [-0.2, 0) is 14.3 Å². The number of hydrogen-bond acceptors (Lipinski definition) is 4. The monoisotopic (exact) mass is 312 g/mol. The lowest BCUT2D eigenvalue weighted by Gasteiger charge is -2.45. The number of para-hydroxylation sites is 2. The first-order chi connectivity index (χ1) is 11.0. The molecule has 2 aliphatic rings. The van der Waals surface area contributed by atoms with Crippen LogP contribution in [0.15, 0.2) is 48.3 Å². The lowest BCUT2D eigenvalue weighted by atomic mass is 9.96. The molecule has 0 aromatic heterocycles. The summed E-state index contributed by atoms with van der Waals surface area (Å²) in [5.74, 6) is 0.405. The van der Waals surface area contributed by atoms with Gasteiger partial charge in [0.2, 0.25) is 5.91 Å². The van der Waals surface area contributed by atoms with Crippen molar-refractivity contribution >= 4 is 23.1 Å². The van der Waals surface area contributed by atoms with Gasteiger partial charge in [0.25, 0.3) is 0 Å². The first-order valence-corrected chi connectivity index (χ1v) is 7.62. The number of hydrogen-bond donors (Lipinski definition) is 0. The molecule has 2 atom stereocenters. The second kappa shape index (κ2) is 5.57. The van der Waals surface area contributed by atoms with E-state index in [-0.39, 0.29) is 11.7 Å². The number of fused-ring (bicyclic) bond motifs is 2. The molecular formula is C18H20N2O3. The third-order valence-electron chi connectivity index (χ3n) is 4.32. The molecule has 5 heteroatoms. The van der Waals surface area contributed by atoms with E-state index < -0.39 is 12.3 Å². The Morgan fingerprint density at radius 2 is 1.91 bits per heavy atom. The molecule has 0 saturated carbocycles. The lowest BCUT2D eigenvalue weighted by molar-refractivity contribution is -0.117. The number of Topliss-reactive ketones (excluding diaryl/α,β-unsaturated/α-hetero) is 1. The highest BCUT2D eigenvalue weighted by Gasteiger charge is 2.49. The minimum Gasteiger partial charge on any atom is -0.472 e. The van der Waals surface area contributed by atoms with Crippen molar-refractivity contribution in [2.75, 3.05) is 16.3 Å². The average Bonchev–Trinajstić information content (AvgIpc) is 2.83. The number of benzene rings is 1. The highest BCUT2D eigenvalue weighted by atomic mass is 16.5. The first-order valence-electron chi connectivity index (χ1n) is 7.62. The minimum atomic E-state index is -0.431. The van der Waals surface area contributed by atoms with Crippen LogP contribution in [0.2, 0.25) is 0 Å². The summed E-state index contributed by atoms with van der Waals surface area (Å²) >= 11 is 0. The molecule has 1 aromatic carbocycles. The van der Waals surface area contributed by atoms with E-state index in [9.17, 15) is 9.59 Å². The molecule has 0 fully saturated rings. The fourth-order valence-corrected chi connectivity index (χ4v) is 3.51. The summed E-state index contributed by atoms with van der Waals surface area (Å²) in [5, 5.41) is 0. The number of carbonyl (C=O) groups excluding carboxylic acids is 2. The van der Waals surface area contributed by atoms with Gasteiger partial charge in [-0.1, -0.05) is 18.2 Å². The summed E-state index contributed by atoms with van der Waals surface area (Å²) in [6.45, 7) is 9.20. The number of amides is 1. The van der Waals surface area contributed by atoms with E-state index in [0.717, 1.165) is 11.4 Å². The lowest BCUT2D eigenvalue weighted by Crippen LogP contribution is -2.57. The summed E-state index contributed by atoms with van der Waals surface area (Å²) in [5.41, 5.74) is 2.26. The predicted molar refractivity (Wildman–Crippen MR) is 89.2 cm³/mol. The van der Waals surface area contributed by atoms with Crippen molar-refractivity contribution in [2.45, 2.75) is 33.0 Å². The fraction of sp³-hybridized carbons (Fsp3) is 0.333. The number of anilines is 2. The SMILES string of the molecule is C=CCN1c2ccccc2N(C(C)=O)[C@H]2C(C(C)=O)=C(C)O[C@H]21. The Morgan fingerprint density at radius 1 is 1.26 bits per heavy atom. The standard InChI is InChI=1S/C18H20N2O3/c1-5-10-19-14-8-6-7-9-15(14)20(13(4)22)17-16(11(2)21)12(3)23-18(17)19/h5-9,17-18H,1,10H2,2-4H3/t17-,18+/m0/s1. The molecule has 23 heavy (non-hydrogen) atoms. The Kier molecular flexibility index (Phi) is 3.72. The number of rotatable bonds is 3. The molecular weight excluding hydrogens is 292 g/mol. The van der Waals surface area contributed by atoms with Crippen LogP contribution in [0.1, 0.15) is 20.8 Å². The van der Waals surface area contributed by atoms with E-state index in [1.54, 1.807) is 17.9 Å². The molecule has 0 unspecified atom stereocenters. The molecule has 0 N–H and O–H groups in total. The number of nitrogens with zero attached hydrogens (tertiary/aromatic N) is 2. The van der Waals surface area contributed by atoms with Gasteiger partial charge < -0.3 is 9.64 Å². The summed E-state index contributed by atoms with van der Waals surface area (Å²) < 4.78 is 5.98. The Hall–Kier alpha value is -2.56. The smallest absolute Gasteiger partial charge is 0.224 e. The first kappa shape index (κ1) is 15.3. The molecule has 2 heterocycles. The summed E-state index contributed by atoms with van der Waals surface area (Å²) in [7, 11) is 0. The highest BCUT2D eigenvalue weighted by Crippen LogP contribution is 2.44. The van der Waals surface area contributed by atoms with Crippen molar-refractivity contribution in [1.29, 1.82) is 0 Å². The van der Waals surface area contributed by atoms with E-state index in [4.69, 9.17) is 4.74 Å². The van der Waals surface area contributed by atoms with Gasteiger partial charge >= 0.3 is 0 Å². The number of carbonyl (C=O) groups is 2. The Morgan fingerprint density at radius 3 is 2.48 bits per heavy atom. The minimum absolute atomic E-state index is 0.0702. The quantitative estimate of drug-likeness (QED) is 0.805. The Bertz CT molecular complexity index is 723. The maximum Gasteiger partial charge on any atom is 0.224 e. The van der Waals surface area contributed by atoms with Gasteiger partial charge in [0.15, 0.2) is 12.0 Å². The third-order valence-corrected chi connectivity index (χ3v) is 4.32. The van der Waals surface area contributed by atoms with Crippen LogP contribution in [0.5, 0.6) is 0 Å². The molecule has 0 saturated heterocycles. The molecule has 0 aliphatic carbocycles. The largest absolute Gasteiger partial charge is 0.472 e. The maximum atomic E-state index is 12.3. The van der Waals surface area contributed by atoms with Crippen molar-refractivity contribution < 1.29 is 14.3 Å². The fourth-order valence-electron chi connectivity index (χ4n) is 3.51. The van der Waals surface area contributed by atoms with Gasteiger partial charge in [-0.05, 0) is 26.0 Å². The molecule has 0 spiro atoms. The second-order valence-corrected chi connectivity index (χ2v) is 5.80. The molecule has 0 bridgehead atoms. The number of allylic oxidation sites excluding steroid dienone is 1. The van der Waals surface area contributed by atoms with Crippen molar-refractivity contribution in [2.24, 2.45) is 0 Å². The molecule has 120 valence electrons. The van der Waals surface area contributed by atoms with Crippen molar-refractivity contribution in [3.8, 4) is 0 Å². The van der Waals surface area contributed by atoms with Gasteiger partial charge in [-0.2, -0.15) is 0 Å². The van der Waals surface area contributed by atoms with E-state index in [2.05, 4.69) is 6.58 Å². The normalized spacial score (nSPS) is 22.4. The van der Waals surface area contributed by atoms with Gasteiger partial charge in [-0.3, -0.25) is 14.5 Å². The van der Waals surface area contributed by atoms with Crippen LogP contribution in [0.25, 0.3) is 0 Å². The molecule has 5 nitrogen and oxygen atoms in total. The zero-order chi connectivity index (χ0) is 16.7. The molecule has 1 aromatic rings. The Labute approximate surface area is 135 Å². The maximum absolute atomic E-state index is 12.3. The highest BCUT2D eigenvalue weighted by molar-refractivity contribution is 6.03. The van der Waals surface area contributed by atoms with Gasteiger partial charge in [0.1, 0.15) is 11.8 Å². The molecule has 3 rings (SSSR count). The third kappa shape index (κ3) is 2.23. The second-order valence-electron chi connectivity index (χ2n) is 5.80. The Balaban J connectivity index is 2.21. The van der Waals surface area contributed by atoms with Crippen LogP contribution in [0, 0.1) is 0 Å². The van der Waals surface area contributed by atoms with Crippen LogP contribution in [0.3, 0.4) is 0 Å². The van der Waals surface area contributed by atoms with Gasteiger partial charge in [-0.25, -0.2) is 0 Å². The number of ether oxygens (including phenoxy) is 1. The van der Waals surface area contributed by atoms with Gasteiger partial charge in [-0.15, -0.1) is 6.58 Å². The van der Waals surface area contributed by atoms with Crippen LogP contribution in [0.4, 0.5) is 11.4 Å². The molecule has 0 radical (unpaired) electrons. The van der Waals surface area contributed by atoms with E-state index in [0.29, 0.717) is 17.9 Å². The zero-order valence-corrected chi connectivity index (χ0v) is 13.6. The molecule has 1 amide bonds. The summed E-state index contributed by atoms with van der Waals surface area (Å²) in [6, 6.07) is 7.24. The van der Waals surface area contributed by atoms with E-state index >= 15 is 0 Å². The average molecular weight is 312 g/mol. The van der Waals surface area contributed by atoms with Crippen LogP contribution < -0.4 is 9.80 Å². The molecule has 2 aliphatic heterocycles.